The van der Waals surface area contributed by atoms with Gasteiger partial charge in [0.1, 0.15) is 5.75 Å². The fourth-order valence-electron chi connectivity index (χ4n) is 3.04. The molecule has 0 saturated heterocycles. The maximum Gasteiger partial charge on any atom is 0.174 e. The Bertz CT molecular complexity index is 1160. The van der Waals surface area contributed by atoms with E-state index in [1.54, 1.807) is 17.8 Å². The fraction of sp³-hybridized carbons (Fsp3) is 0.174. The highest BCUT2D eigenvalue weighted by atomic mass is 35.5. The van der Waals surface area contributed by atoms with Gasteiger partial charge in [-0.15, -0.1) is 0 Å². The number of nitrogens with zero attached hydrogens (tertiary/aromatic N) is 2. The second-order valence-corrected chi connectivity index (χ2v) is 8.94. The van der Waals surface area contributed by atoms with Gasteiger partial charge < -0.3 is 4.74 Å². The molecule has 0 aliphatic carbocycles. The standard InChI is InChI=1S/C23H19Cl3N2OS/c1-2-11-29-18-9-7-17(8-10-18)28-22-13-20(26)19(25)12-21(22)27-23(28)30-14-15-3-5-16(24)6-4-15/h3-10,12-13H,2,11,14H2,1H3. The van der Waals surface area contributed by atoms with Crippen LogP contribution in [-0.4, -0.2) is 16.2 Å². The van der Waals surface area contributed by atoms with E-state index in [9.17, 15) is 0 Å². The van der Waals surface area contributed by atoms with Crippen molar-refractivity contribution in [1.82, 2.24) is 9.55 Å². The lowest BCUT2D eigenvalue weighted by molar-refractivity contribution is 0.317. The Morgan fingerprint density at radius 2 is 1.63 bits per heavy atom. The Hall–Kier alpha value is -1.85. The first kappa shape index (κ1) is 21.4. The number of hydrogen-bond acceptors (Lipinski definition) is 3. The Balaban J connectivity index is 1.72. The number of thioether (sulfide) groups is 1. The topological polar surface area (TPSA) is 27.1 Å². The zero-order chi connectivity index (χ0) is 21.1. The van der Waals surface area contributed by atoms with Gasteiger partial charge in [-0.2, -0.15) is 0 Å². The summed E-state index contributed by atoms with van der Waals surface area (Å²) in [5.41, 5.74) is 3.86. The van der Waals surface area contributed by atoms with E-state index in [0.29, 0.717) is 16.7 Å². The first-order chi connectivity index (χ1) is 14.5. The second-order valence-electron chi connectivity index (χ2n) is 6.74. The summed E-state index contributed by atoms with van der Waals surface area (Å²) < 4.78 is 7.81. The minimum absolute atomic E-state index is 0.492. The molecule has 0 bridgehead atoms. The zero-order valence-electron chi connectivity index (χ0n) is 16.2. The van der Waals surface area contributed by atoms with Crippen molar-refractivity contribution in [3.8, 4) is 11.4 Å². The van der Waals surface area contributed by atoms with Crippen molar-refractivity contribution in [3.63, 3.8) is 0 Å². The van der Waals surface area contributed by atoms with Gasteiger partial charge in [0.15, 0.2) is 5.16 Å². The molecule has 0 aliphatic heterocycles. The molecule has 7 heteroatoms. The minimum Gasteiger partial charge on any atom is -0.494 e. The first-order valence-electron chi connectivity index (χ1n) is 9.53. The monoisotopic (exact) mass is 476 g/mol. The highest BCUT2D eigenvalue weighted by molar-refractivity contribution is 7.98. The van der Waals surface area contributed by atoms with E-state index >= 15 is 0 Å². The van der Waals surface area contributed by atoms with Crippen LogP contribution in [0, 0.1) is 0 Å². The summed E-state index contributed by atoms with van der Waals surface area (Å²) in [5.74, 6) is 1.61. The molecule has 0 fully saturated rings. The minimum atomic E-state index is 0.492. The maximum atomic E-state index is 6.31. The molecule has 0 amide bonds. The number of ether oxygens (including phenoxy) is 1. The molecule has 3 aromatic carbocycles. The molecule has 1 aromatic heterocycles. The summed E-state index contributed by atoms with van der Waals surface area (Å²) in [7, 11) is 0. The Morgan fingerprint density at radius 3 is 2.33 bits per heavy atom. The molecular weight excluding hydrogens is 459 g/mol. The molecule has 3 nitrogen and oxygen atoms in total. The molecule has 0 saturated carbocycles. The van der Waals surface area contributed by atoms with Crippen LogP contribution in [0.2, 0.25) is 15.1 Å². The number of rotatable bonds is 7. The molecule has 30 heavy (non-hydrogen) atoms. The largest absolute Gasteiger partial charge is 0.494 e. The average Bonchev–Trinajstić information content (AvgIpc) is 3.09. The van der Waals surface area contributed by atoms with Crippen LogP contribution in [0.15, 0.2) is 65.8 Å². The van der Waals surface area contributed by atoms with E-state index in [0.717, 1.165) is 44.8 Å². The summed E-state index contributed by atoms with van der Waals surface area (Å²) in [6.45, 7) is 2.79. The van der Waals surface area contributed by atoms with Crippen LogP contribution in [0.25, 0.3) is 16.7 Å². The molecule has 0 atom stereocenters. The van der Waals surface area contributed by atoms with E-state index in [4.69, 9.17) is 44.5 Å². The maximum absolute atomic E-state index is 6.31. The van der Waals surface area contributed by atoms with Crippen molar-refractivity contribution >= 4 is 57.6 Å². The highest BCUT2D eigenvalue weighted by Gasteiger charge is 2.15. The van der Waals surface area contributed by atoms with Crippen LogP contribution in [0.1, 0.15) is 18.9 Å². The van der Waals surface area contributed by atoms with Crippen molar-refractivity contribution in [2.24, 2.45) is 0 Å². The number of imidazole rings is 1. The number of hydrogen-bond donors (Lipinski definition) is 0. The number of fused-ring (bicyclic) bond motifs is 1. The van der Waals surface area contributed by atoms with E-state index < -0.39 is 0 Å². The second kappa shape index (κ2) is 9.52. The van der Waals surface area contributed by atoms with Crippen LogP contribution in [0.3, 0.4) is 0 Å². The lowest BCUT2D eigenvalue weighted by Crippen LogP contribution is -1.98. The predicted octanol–water partition coefficient (Wildman–Crippen LogP) is 8.07. The van der Waals surface area contributed by atoms with Crippen molar-refractivity contribution in [1.29, 1.82) is 0 Å². The van der Waals surface area contributed by atoms with Gasteiger partial charge in [0.25, 0.3) is 0 Å². The van der Waals surface area contributed by atoms with E-state index in [1.807, 2.05) is 54.6 Å². The number of halogens is 3. The summed E-state index contributed by atoms with van der Waals surface area (Å²) in [6, 6.07) is 19.5. The molecular formula is C23H19Cl3N2OS. The Morgan fingerprint density at radius 1 is 0.933 bits per heavy atom. The molecule has 154 valence electrons. The fourth-order valence-corrected chi connectivity index (χ4v) is 4.46. The van der Waals surface area contributed by atoms with E-state index in [-0.39, 0.29) is 0 Å². The molecule has 0 spiro atoms. The first-order valence-corrected chi connectivity index (χ1v) is 11.6. The third-order valence-electron chi connectivity index (χ3n) is 4.51. The molecule has 4 aromatic rings. The van der Waals surface area contributed by atoms with Gasteiger partial charge in [-0.1, -0.05) is 65.6 Å². The van der Waals surface area contributed by atoms with Crippen LogP contribution >= 0.6 is 46.6 Å². The van der Waals surface area contributed by atoms with Crippen LogP contribution in [0.4, 0.5) is 0 Å². The van der Waals surface area contributed by atoms with Crippen molar-refractivity contribution in [2.75, 3.05) is 6.61 Å². The summed E-state index contributed by atoms with van der Waals surface area (Å²) in [6.07, 6.45) is 0.971. The predicted molar refractivity (Wildman–Crippen MR) is 128 cm³/mol. The summed E-state index contributed by atoms with van der Waals surface area (Å²) >= 11 is 20.2. The van der Waals surface area contributed by atoms with Crippen molar-refractivity contribution < 1.29 is 4.74 Å². The van der Waals surface area contributed by atoms with Crippen LogP contribution < -0.4 is 4.74 Å². The zero-order valence-corrected chi connectivity index (χ0v) is 19.3. The third-order valence-corrected chi connectivity index (χ3v) is 6.50. The molecule has 4 rings (SSSR count). The Labute approximate surface area is 194 Å². The van der Waals surface area contributed by atoms with E-state index in [1.165, 1.54) is 5.56 Å². The van der Waals surface area contributed by atoms with Gasteiger partial charge in [-0.25, -0.2) is 4.98 Å². The lowest BCUT2D eigenvalue weighted by Gasteiger charge is -2.11. The molecule has 0 radical (unpaired) electrons. The number of aromatic nitrogens is 2. The van der Waals surface area contributed by atoms with Crippen LogP contribution in [0.5, 0.6) is 5.75 Å². The quantitative estimate of drug-likeness (QED) is 0.252. The van der Waals surface area contributed by atoms with Gasteiger partial charge >= 0.3 is 0 Å². The normalized spacial score (nSPS) is 11.2. The molecule has 0 N–H and O–H groups in total. The van der Waals surface area contributed by atoms with E-state index in [2.05, 4.69) is 11.5 Å². The average molecular weight is 478 g/mol. The van der Waals surface area contributed by atoms with Crippen molar-refractivity contribution in [3.05, 3.63) is 81.3 Å². The van der Waals surface area contributed by atoms with Gasteiger partial charge in [0.05, 0.1) is 27.7 Å². The van der Waals surface area contributed by atoms with Gasteiger partial charge in [0.2, 0.25) is 0 Å². The summed E-state index contributed by atoms with van der Waals surface area (Å²) in [4.78, 5) is 4.82. The number of benzene rings is 3. The Kier molecular flexibility index (Phi) is 6.79. The SMILES string of the molecule is CCCOc1ccc(-n2c(SCc3ccc(Cl)cc3)nc3cc(Cl)c(Cl)cc32)cc1. The highest BCUT2D eigenvalue weighted by Crippen LogP contribution is 2.34. The molecule has 1 heterocycles. The molecule has 0 unspecified atom stereocenters. The van der Waals surface area contributed by atoms with Crippen LogP contribution in [-0.2, 0) is 5.75 Å². The molecule has 0 aliphatic rings. The van der Waals surface area contributed by atoms with Gasteiger partial charge in [-0.05, 0) is 60.5 Å². The smallest absolute Gasteiger partial charge is 0.174 e. The van der Waals surface area contributed by atoms with Gasteiger partial charge in [0, 0.05) is 16.5 Å². The summed E-state index contributed by atoms with van der Waals surface area (Å²) in [5, 5.41) is 2.58. The van der Waals surface area contributed by atoms with Crippen molar-refractivity contribution in [2.45, 2.75) is 24.3 Å². The lowest BCUT2D eigenvalue weighted by atomic mass is 10.2. The third kappa shape index (κ3) is 4.73. The van der Waals surface area contributed by atoms with Gasteiger partial charge in [-0.3, -0.25) is 4.57 Å².